The molecule has 0 bridgehead atoms. The number of rotatable bonds is 7. The molecule has 0 radical (unpaired) electrons. The molecule has 1 fully saturated rings. The average Bonchev–Trinajstić information content (AvgIpc) is 3.51. The van der Waals surface area contributed by atoms with E-state index in [1.807, 2.05) is 0 Å². The molecule has 1 saturated heterocycles. The number of amides is 2. The van der Waals surface area contributed by atoms with Crippen LogP contribution in [-0.2, 0) is 21.4 Å². The highest BCUT2D eigenvalue weighted by Gasteiger charge is 2.40. The van der Waals surface area contributed by atoms with E-state index in [9.17, 15) is 22.4 Å². The molecular weight excluding hydrogens is 449 g/mol. The summed E-state index contributed by atoms with van der Waals surface area (Å²) in [6, 6.07) is 14.3. The van der Waals surface area contributed by atoms with Gasteiger partial charge in [0.1, 0.15) is 16.8 Å². The summed E-state index contributed by atoms with van der Waals surface area (Å²) in [6.45, 7) is 0.328. The van der Waals surface area contributed by atoms with E-state index in [0.29, 0.717) is 18.5 Å². The van der Waals surface area contributed by atoms with Gasteiger partial charge in [0.25, 0.3) is 5.91 Å². The molecule has 172 valence electrons. The zero-order valence-electron chi connectivity index (χ0n) is 17.5. The number of nitrogens with zero attached hydrogens (tertiary/aromatic N) is 1. The Hall–Kier alpha value is -3.50. The molecule has 33 heavy (non-hydrogen) atoms. The second-order valence-corrected chi connectivity index (χ2v) is 9.41. The minimum absolute atomic E-state index is 0.152. The van der Waals surface area contributed by atoms with Gasteiger partial charge in [0, 0.05) is 18.8 Å². The lowest BCUT2D eigenvalue weighted by atomic mass is 10.2. The molecule has 8 nitrogen and oxygen atoms in total. The van der Waals surface area contributed by atoms with Crippen LogP contribution < -0.4 is 10.6 Å². The molecule has 10 heteroatoms. The molecule has 1 atom stereocenters. The fourth-order valence-electron chi connectivity index (χ4n) is 3.68. The van der Waals surface area contributed by atoms with Crippen molar-refractivity contribution in [1.82, 2.24) is 9.62 Å². The van der Waals surface area contributed by atoms with Crippen LogP contribution in [0.4, 0.5) is 10.1 Å². The standard InChI is InChI=1S/C23H22FN3O5S/c24-18-5-1-2-8-21(18)33(30,31)27-13-3-6-19(27)22(28)25-15-16-9-11-17(12-10-16)26-23(29)20-7-4-14-32-20/h1-2,4-5,7-12,14,19H,3,6,13,15H2,(H,25,28)(H,26,29). The molecule has 2 amide bonds. The van der Waals surface area contributed by atoms with Crippen molar-refractivity contribution in [3.63, 3.8) is 0 Å². The summed E-state index contributed by atoms with van der Waals surface area (Å²) in [5.41, 5.74) is 1.32. The Bertz CT molecular complexity index is 1240. The van der Waals surface area contributed by atoms with Gasteiger partial charge < -0.3 is 15.1 Å². The van der Waals surface area contributed by atoms with Gasteiger partial charge >= 0.3 is 0 Å². The van der Waals surface area contributed by atoms with Crippen LogP contribution in [-0.4, -0.2) is 37.1 Å². The Morgan fingerprint density at radius 2 is 1.82 bits per heavy atom. The van der Waals surface area contributed by atoms with E-state index in [1.165, 1.54) is 24.5 Å². The predicted octanol–water partition coefficient (Wildman–Crippen LogP) is 3.14. The molecule has 1 unspecified atom stereocenters. The van der Waals surface area contributed by atoms with Crippen molar-refractivity contribution in [2.45, 2.75) is 30.3 Å². The van der Waals surface area contributed by atoms with Crippen molar-refractivity contribution in [3.8, 4) is 0 Å². The van der Waals surface area contributed by atoms with E-state index in [4.69, 9.17) is 4.42 Å². The second kappa shape index (κ2) is 9.55. The molecule has 0 aliphatic carbocycles. The van der Waals surface area contributed by atoms with Gasteiger partial charge in [-0.05, 0) is 54.8 Å². The highest BCUT2D eigenvalue weighted by atomic mass is 32.2. The van der Waals surface area contributed by atoms with Gasteiger partial charge in [-0.3, -0.25) is 9.59 Å². The number of carbonyl (C=O) groups is 2. The summed E-state index contributed by atoms with van der Waals surface area (Å²) < 4.78 is 46.0. The normalized spacial score (nSPS) is 16.5. The number of furan rings is 1. The fourth-order valence-corrected chi connectivity index (χ4v) is 5.41. The Kier molecular flexibility index (Phi) is 6.57. The number of halogens is 1. The molecule has 2 aromatic carbocycles. The van der Waals surface area contributed by atoms with E-state index < -0.39 is 32.7 Å². The van der Waals surface area contributed by atoms with Gasteiger partial charge in [-0.1, -0.05) is 24.3 Å². The molecule has 1 aromatic heterocycles. The molecule has 0 saturated carbocycles. The largest absolute Gasteiger partial charge is 0.459 e. The number of hydrogen-bond donors (Lipinski definition) is 2. The summed E-state index contributed by atoms with van der Waals surface area (Å²) >= 11 is 0. The number of carbonyl (C=O) groups excluding carboxylic acids is 2. The predicted molar refractivity (Wildman–Crippen MR) is 118 cm³/mol. The average molecular weight is 472 g/mol. The van der Waals surface area contributed by atoms with Gasteiger partial charge in [0.05, 0.1) is 6.26 Å². The van der Waals surface area contributed by atoms with Crippen LogP contribution in [0.1, 0.15) is 29.0 Å². The zero-order valence-corrected chi connectivity index (χ0v) is 18.3. The first-order valence-corrected chi connectivity index (χ1v) is 11.8. The summed E-state index contributed by atoms with van der Waals surface area (Å²) in [6.07, 6.45) is 2.28. The fraction of sp³-hybridized carbons (Fsp3) is 0.217. The molecule has 4 rings (SSSR count). The lowest BCUT2D eigenvalue weighted by molar-refractivity contribution is -0.124. The number of benzene rings is 2. The van der Waals surface area contributed by atoms with Crippen LogP contribution in [0.2, 0.25) is 0 Å². The van der Waals surface area contributed by atoms with Gasteiger partial charge in [0.15, 0.2) is 5.76 Å². The van der Waals surface area contributed by atoms with Crippen molar-refractivity contribution in [2.75, 3.05) is 11.9 Å². The maximum atomic E-state index is 14.1. The summed E-state index contributed by atoms with van der Waals surface area (Å²) in [5.74, 6) is -1.47. The van der Waals surface area contributed by atoms with Gasteiger partial charge in [-0.25, -0.2) is 12.8 Å². The lowest BCUT2D eigenvalue weighted by Gasteiger charge is -2.23. The van der Waals surface area contributed by atoms with E-state index in [0.717, 1.165) is 15.9 Å². The van der Waals surface area contributed by atoms with Gasteiger partial charge in [0.2, 0.25) is 15.9 Å². The van der Waals surface area contributed by atoms with E-state index in [1.54, 1.807) is 36.4 Å². The molecule has 1 aliphatic rings. The van der Waals surface area contributed by atoms with Crippen LogP contribution in [0.25, 0.3) is 0 Å². The number of nitrogens with one attached hydrogen (secondary N) is 2. The van der Waals surface area contributed by atoms with Crippen molar-refractivity contribution in [3.05, 3.63) is 84.1 Å². The van der Waals surface area contributed by atoms with E-state index >= 15 is 0 Å². The summed E-state index contributed by atoms with van der Waals surface area (Å²) in [7, 11) is -4.13. The first-order chi connectivity index (χ1) is 15.9. The molecule has 3 aromatic rings. The minimum atomic E-state index is -4.13. The highest BCUT2D eigenvalue weighted by molar-refractivity contribution is 7.89. The molecule has 0 spiro atoms. The van der Waals surface area contributed by atoms with E-state index in [-0.39, 0.29) is 24.8 Å². The van der Waals surface area contributed by atoms with Crippen LogP contribution in [0.5, 0.6) is 0 Å². The quantitative estimate of drug-likeness (QED) is 0.550. The minimum Gasteiger partial charge on any atom is -0.459 e. The van der Waals surface area contributed by atoms with Crippen molar-refractivity contribution >= 4 is 27.5 Å². The zero-order chi connectivity index (χ0) is 23.4. The van der Waals surface area contributed by atoms with Crippen molar-refractivity contribution in [1.29, 1.82) is 0 Å². The van der Waals surface area contributed by atoms with Crippen LogP contribution in [0, 0.1) is 5.82 Å². The molecule has 1 aliphatic heterocycles. The topological polar surface area (TPSA) is 109 Å². The highest BCUT2D eigenvalue weighted by Crippen LogP contribution is 2.27. The maximum Gasteiger partial charge on any atom is 0.291 e. The number of hydrogen-bond acceptors (Lipinski definition) is 5. The Labute approximate surface area is 190 Å². The van der Waals surface area contributed by atoms with Crippen molar-refractivity contribution in [2.24, 2.45) is 0 Å². The molecule has 2 heterocycles. The van der Waals surface area contributed by atoms with E-state index in [2.05, 4.69) is 10.6 Å². The first kappa shape index (κ1) is 22.7. The molecular formula is C23H22FN3O5S. The van der Waals surface area contributed by atoms with Crippen molar-refractivity contribution < 1.29 is 26.8 Å². The summed E-state index contributed by atoms with van der Waals surface area (Å²) in [5, 5.41) is 5.45. The lowest BCUT2D eigenvalue weighted by Crippen LogP contribution is -2.45. The smallest absolute Gasteiger partial charge is 0.291 e. The third-order valence-corrected chi connectivity index (χ3v) is 7.29. The third-order valence-electron chi connectivity index (χ3n) is 5.35. The second-order valence-electron chi connectivity index (χ2n) is 7.55. The Morgan fingerprint density at radius 1 is 1.06 bits per heavy atom. The van der Waals surface area contributed by atoms with Crippen LogP contribution in [0.3, 0.4) is 0 Å². The SMILES string of the molecule is O=C(Nc1ccc(CNC(=O)C2CCCN2S(=O)(=O)c2ccccc2F)cc1)c1ccco1. The number of sulfonamides is 1. The number of anilines is 1. The van der Waals surface area contributed by atoms with Gasteiger partial charge in [-0.2, -0.15) is 4.31 Å². The monoisotopic (exact) mass is 471 g/mol. The van der Waals surface area contributed by atoms with Gasteiger partial charge in [-0.15, -0.1) is 0 Å². The van der Waals surface area contributed by atoms with Crippen LogP contribution in [0.15, 0.2) is 76.2 Å². The van der Waals surface area contributed by atoms with Crippen LogP contribution >= 0.6 is 0 Å². The third kappa shape index (κ3) is 4.96. The summed E-state index contributed by atoms with van der Waals surface area (Å²) in [4.78, 5) is 24.3. The Morgan fingerprint density at radius 3 is 2.52 bits per heavy atom. The maximum absolute atomic E-state index is 14.1. The first-order valence-electron chi connectivity index (χ1n) is 10.3. The Balaban J connectivity index is 1.37. The molecule has 2 N–H and O–H groups in total.